The van der Waals surface area contributed by atoms with Gasteiger partial charge in [0.25, 0.3) is 0 Å². The van der Waals surface area contributed by atoms with E-state index in [1.54, 1.807) is 6.92 Å². The third kappa shape index (κ3) is 11.8. The molecule has 4 aromatic carbocycles. The number of carbonyl (C=O) groups excluding carboxylic acids is 4. The van der Waals surface area contributed by atoms with E-state index >= 15 is 0 Å². The third-order valence-electron chi connectivity index (χ3n) is 7.84. The first kappa shape index (κ1) is 48.0. The van der Waals surface area contributed by atoms with E-state index < -0.39 is 118 Å². The Bertz CT molecular complexity index is 2030. The summed E-state index contributed by atoms with van der Waals surface area (Å²) in [6.07, 6.45) is -3.31. The zero-order valence-corrected chi connectivity index (χ0v) is 30.8. The second-order valence-corrected chi connectivity index (χ2v) is 12.6. The highest BCUT2D eigenvalue weighted by molar-refractivity contribution is 5.78. The Hall–Kier alpha value is -6.42. The summed E-state index contributed by atoms with van der Waals surface area (Å²) in [5, 5.41) is 18.0. The van der Waals surface area contributed by atoms with Crippen LogP contribution in [0.1, 0.15) is 25.0 Å². The highest BCUT2D eigenvalue weighted by atomic mass is 19.2. The highest BCUT2D eigenvalue weighted by Gasteiger charge is 2.42. The van der Waals surface area contributed by atoms with Crippen LogP contribution >= 0.6 is 0 Å². The van der Waals surface area contributed by atoms with Crippen LogP contribution in [0.4, 0.5) is 53.5 Å². The second kappa shape index (κ2) is 21.0. The lowest BCUT2D eigenvalue weighted by molar-refractivity contribution is -0.167. The standard InChI is InChI=1S/C13F10O3.C13H14O5.C12H16O4/c14-1-3(16)7(20)11(8(21)4(1)17)25-13(24)26-12-9(22)5(18)2(15)6(19)10(12)23;1-13(8-17-12(15)18-9-13)11(14)16-7-10-5-3-2-4-6-10;1-12(8-13,9-14)11(15)16-7-10-5-3-2-4-6-10/h;2-6H,7-9H2,1H3;2-6,13-14H,7-9H2,1H3. The van der Waals surface area contributed by atoms with Crippen molar-refractivity contribution in [2.45, 2.75) is 27.1 Å². The van der Waals surface area contributed by atoms with Crippen molar-refractivity contribution >= 4 is 24.2 Å². The molecule has 0 saturated carbocycles. The van der Waals surface area contributed by atoms with E-state index in [1.165, 1.54) is 6.92 Å². The first-order chi connectivity index (χ1) is 28.2. The molecular formula is C38H30F10O12. The number of benzene rings is 4. The summed E-state index contributed by atoms with van der Waals surface area (Å²) in [6, 6.07) is 18.6. The van der Waals surface area contributed by atoms with Gasteiger partial charge in [-0.15, -0.1) is 0 Å². The minimum Gasteiger partial charge on any atom is -0.460 e. The van der Waals surface area contributed by atoms with E-state index in [4.69, 9.17) is 29.2 Å². The van der Waals surface area contributed by atoms with Gasteiger partial charge >= 0.3 is 24.2 Å². The first-order valence-corrected chi connectivity index (χ1v) is 16.6. The Morgan fingerprint density at radius 1 is 0.600 bits per heavy atom. The number of rotatable bonds is 10. The van der Waals surface area contributed by atoms with Gasteiger partial charge in [-0.05, 0) is 25.0 Å². The number of carbonyl (C=O) groups is 4. The molecular weight excluding hydrogens is 838 g/mol. The van der Waals surface area contributed by atoms with Gasteiger partial charge in [0.1, 0.15) is 37.3 Å². The smallest absolute Gasteiger partial charge is 0.460 e. The van der Waals surface area contributed by atoms with Crippen LogP contribution in [0.2, 0.25) is 0 Å². The van der Waals surface area contributed by atoms with Crippen LogP contribution in [0.5, 0.6) is 11.5 Å². The molecule has 60 heavy (non-hydrogen) atoms. The predicted octanol–water partition coefficient (Wildman–Crippen LogP) is 7.28. The van der Waals surface area contributed by atoms with E-state index in [-0.39, 0.29) is 26.4 Å². The van der Waals surface area contributed by atoms with Crippen molar-refractivity contribution in [1.29, 1.82) is 0 Å². The minimum atomic E-state index is -2.62. The highest BCUT2D eigenvalue weighted by Crippen LogP contribution is 2.32. The Morgan fingerprint density at radius 2 is 0.933 bits per heavy atom. The van der Waals surface area contributed by atoms with E-state index in [9.17, 15) is 63.1 Å². The van der Waals surface area contributed by atoms with E-state index in [0.29, 0.717) is 0 Å². The Labute approximate surface area is 331 Å². The maximum Gasteiger partial charge on any atom is 0.519 e. The topological polar surface area (TPSA) is 164 Å². The number of aliphatic hydroxyl groups excluding tert-OH is 2. The fourth-order valence-electron chi connectivity index (χ4n) is 4.15. The van der Waals surface area contributed by atoms with Crippen LogP contribution in [0, 0.1) is 69.0 Å². The van der Waals surface area contributed by atoms with Crippen LogP contribution in [0.25, 0.3) is 0 Å². The minimum absolute atomic E-state index is 0.0144. The van der Waals surface area contributed by atoms with Crippen molar-refractivity contribution in [3.63, 3.8) is 0 Å². The molecule has 1 aliphatic rings. The fourth-order valence-corrected chi connectivity index (χ4v) is 4.15. The van der Waals surface area contributed by atoms with Gasteiger partial charge in [0.15, 0.2) is 0 Å². The molecule has 2 N–H and O–H groups in total. The molecule has 0 aromatic heterocycles. The first-order valence-electron chi connectivity index (χ1n) is 16.6. The van der Waals surface area contributed by atoms with Gasteiger partial charge in [-0.3, -0.25) is 9.59 Å². The third-order valence-corrected chi connectivity index (χ3v) is 7.84. The molecule has 1 heterocycles. The molecule has 0 spiro atoms. The van der Waals surface area contributed by atoms with Crippen molar-refractivity contribution < 1.29 is 102 Å². The molecule has 0 amide bonds. The number of aliphatic hydroxyl groups is 2. The Kier molecular flexibility index (Phi) is 16.8. The van der Waals surface area contributed by atoms with Gasteiger partial charge in [0.05, 0.1) is 13.2 Å². The van der Waals surface area contributed by atoms with Gasteiger partial charge in [-0.2, -0.15) is 17.6 Å². The van der Waals surface area contributed by atoms with E-state index in [1.807, 2.05) is 60.7 Å². The number of esters is 2. The Balaban J connectivity index is 0.000000250. The average molecular weight is 869 g/mol. The summed E-state index contributed by atoms with van der Waals surface area (Å²) in [6.45, 7) is 2.55. The molecule has 0 bridgehead atoms. The van der Waals surface area contributed by atoms with Crippen LogP contribution in [-0.2, 0) is 41.8 Å². The Morgan fingerprint density at radius 3 is 1.28 bits per heavy atom. The fraction of sp³-hybridized carbons (Fsp3) is 0.263. The van der Waals surface area contributed by atoms with Gasteiger partial charge in [-0.1, -0.05) is 60.7 Å². The largest absolute Gasteiger partial charge is 0.519 e. The van der Waals surface area contributed by atoms with Crippen molar-refractivity contribution in [2.75, 3.05) is 26.4 Å². The lowest BCUT2D eigenvalue weighted by atomic mass is 9.93. The zero-order valence-electron chi connectivity index (χ0n) is 30.8. The molecule has 1 aliphatic heterocycles. The van der Waals surface area contributed by atoms with Crippen molar-refractivity contribution in [2.24, 2.45) is 10.8 Å². The van der Waals surface area contributed by atoms with Crippen LogP contribution in [-0.4, -0.2) is 60.9 Å². The molecule has 1 fully saturated rings. The molecule has 324 valence electrons. The van der Waals surface area contributed by atoms with E-state index in [0.717, 1.165) is 11.1 Å². The summed E-state index contributed by atoms with van der Waals surface area (Å²) in [7, 11) is 0. The molecule has 4 aromatic rings. The molecule has 12 nitrogen and oxygen atoms in total. The average Bonchev–Trinajstić information content (AvgIpc) is 3.26. The lowest BCUT2D eigenvalue weighted by Crippen LogP contribution is -2.44. The molecule has 5 rings (SSSR count). The van der Waals surface area contributed by atoms with Crippen molar-refractivity contribution in [3.8, 4) is 11.5 Å². The van der Waals surface area contributed by atoms with Gasteiger partial charge in [0.2, 0.25) is 69.7 Å². The molecule has 0 unspecified atom stereocenters. The normalized spacial score (nSPS) is 12.9. The summed E-state index contributed by atoms with van der Waals surface area (Å²) in [5.74, 6) is -31.5. The second-order valence-electron chi connectivity index (χ2n) is 12.6. The number of hydrogen-bond donors (Lipinski definition) is 2. The number of cyclic esters (lactones) is 2. The molecule has 0 radical (unpaired) electrons. The molecule has 1 saturated heterocycles. The van der Waals surface area contributed by atoms with Crippen LogP contribution < -0.4 is 9.47 Å². The zero-order chi connectivity index (χ0) is 44.9. The monoisotopic (exact) mass is 868 g/mol. The quantitative estimate of drug-likeness (QED) is 0.0410. The predicted molar refractivity (Wildman–Crippen MR) is 179 cm³/mol. The van der Waals surface area contributed by atoms with Gasteiger partial charge in [0, 0.05) is 0 Å². The summed E-state index contributed by atoms with van der Waals surface area (Å²) >= 11 is 0. The summed E-state index contributed by atoms with van der Waals surface area (Å²) < 4.78 is 157. The molecule has 0 atom stereocenters. The van der Waals surface area contributed by atoms with Crippen LogP contribution in [0.3, 0.4) is 0 Å². The SMILES string of the molecule is CC(CO)(CO)C(=O)OCc1ccccc1.CC1(C(=O)OCc2ccccc2)COC(=O)OC1.O=C(Oc1c(F)c(F)c(F)c(F)c1F)Oc1c(F)c(F)c(F)c(F)c1F. The van der Waals surface area contributed by atoms with Crippen molar-refractivity contribution in [1.82, 2.24) is 0 Å². The number of halogens is 10. The number of ether oxygens (including phenoxy) is 6. The maximum absolute atomic E-state index is 13.3. The number of hydrogen-bond acceptors (Lipinski definition) is 12. The van der Waals surface area contributed by atoms with E-state index in [2.05, 4.69) is 9.47 Å². The molecule has 0 aliphatic carbocycles. The van der Waals surface area contributed by atoms with Gasteiger partial charge < -0.3 is 38.6 Å². The molecule has 22 heteroatoms. The van der Waals surface area contributed by atoms with Crippen molar-refractivity contribution in [3.05, 3.63) is 130 Å². The maximum atomic E-state index is 13.3. The summed E-state index contributed by atoms with van der Waals surface area (Å²) in [5.41, 5.74) is -0.380. The van der Waals surface area contributed by atoms with Gasteiger partial charge in [-0.25, -0.2) is 35.9 Å². The van der Waals surface area contributed by atoms with Crippen LogP contribution in [0.15, 0.2) is 60.7 Å². The lowest BCUT2D eigenvalue weighted by Gasteiger charge is -2.29. The summed E-state index contributed by atoms with van der Waals surface area (Å²) in [4.78, 5) is 45.4.